The van der Waals surface area contributed by atoms with Gasteiger partial charge < -0.3 is 10.6 Å². The Morgan fingerprint density at radius 2 is 1.33 bits per heavy atom. The Bertz CT molecular complexity index is 840. The van der Waals surface area contributed by atoms with Crippen LogP contribution >= 0.6 is 23.4 Å². The number of rotatable bonds is 4. The summed E-state index contributed by atoms with van der Waals surface area (Å²) >= 11 is 7.66. The summed E-state index contributed by atoms with van der Waals surface area (Å²) in [5.74, 6) is 0. The van der Waals surface area contributed by atoms with Gasteiger partial charge in [-0.2, -0.15) is 0 Å². The summed E-state index contributed by atoms with van der Waals surface area (Å²) < 4.78 is 0. The molecule has 3 aromatic rings. The number of halogens is 1. The van der Waals surface area contributed by atoms with E-state index in [2.05, 4.69) is 10.6 Å². The van der Waals surface area contributed by atoms with Crippen molar-refractivity contribution in [1.82, 2.24) is 0 Å². The average Bonchev–Trinajstić information content (AvgIpc) is 2.60. The average molecular weight is 355 g/mol. The molecule has 0 bridgehead atoms. The number of amides is 2. The molecule has 3 nitrogen and oxygen atoms in total. The normalized spacial score (nSPS) is 10.2. The van der Waals surface area contributed by atoms with Gasteiger partial charge in [-0.3, -0.25) is 0 Å². The van der Waals surface area contributed by atoms with E-state index in [1.54, 1.807) is 23.9 Å². The van der Waals surface area contributed by atoms with Crippen molar-refractivity contribution >= 4 is 40.8 Å². The van der Waals surface area contributed by atoms with E-state index in [4.69, 9.17) is 11.6 Å². The van der Waals surface area contributed by atoms with Gasteiger partial charge in [0.1, 0.15) is 0 Å². The maximum Gasteiger partial charge on any atom is 0.323 e. The molecule has 24 heavy (non-hydrogen) atoms. The van der Waals surface area contributed by atoms with Gasteiger partial charge in [0.25, 0.3) is 0 Å². The zero-order valence-corrected chi connectivity index (χ0v) is 14.3. The van der Waals surface area contributed by atoms with Crippen LogP contribution in [-0.4, -0.2) is 6.03 Å². The number of anilines is 2. The van der Waals surface area contributed by atoms with Crippen LogP contribution in [0.1, 0.15) is 0 Å². The molecule has 0 heterocycles. The van der Waals surface area contributed by atoms with E-state index in [9.17, 15) is 4.79 Å². The molecule has 2 amide bonds. The molecule has 0 unspecified atom stereocenters. The molecule has 0 aliphatic heterocycles. The number of carbonyl (C=O) groups excluding carboxylic acids is 1. The maximum atomic E-state index is 12.2. The molecule has 0 radical (unpaired) electrons. The fourth-order valence-corrected chi connectivity index (χ4v) is 3.22. The van der Waals surface area contributed by atoms with E-state index < -0.39 is 0 Å². The predicted molar refractivity (Wildman–Crippen MR) is 101 cm³/mol. The van der Waals surface area contributed by atoms with Crippen LogP contribution in [0.2, 0.25) is 5.02 Å². The molecule has 0 aliphatic rings. The van der Waals surface area contributed by atoms with Gasteiger partial charge in [0.05, 0.1) is 16.4 Å². The molecule has 2 N–H and O–H groups in total. The van der Waals surface area contributed by atoms with E-state index in [-0.39, 0.29) is 6.03 Å². The summed E-state index contributed by atoms with van der Waals surface area (Å²) in [4.78, 5) is 14.3. The van der Waals surface area contributed by atoms with Gasteiger partial charge in [-0.1, -0.05) is 65.8 Å². The third-order valence-corrected chi connectivity index (χ3v) is 4.64. The Kier molecular flexibility index (Phi) is 5.41. The summed E-state index contributed by atoms with van der Waals surface area (Å²) in [5.41, 5.74) is 1.32. The second-order valence-electron chi connectivity index (χ2n) is 4.97. The number of urea groups is 1. The van der Waals surface area contributed by atoms with Gasteiger partial charge in [0.2, 0.25) is 0 Å². The first kappa shape index (κ1) is 16.4. The van der Waals surface area contributed by atoms with E-state index in [1.807, 2.05) is 66.7 Å². The van der Waals surface area contributed by atoms with Crippen molar-refractivity contribution in [3.63, 3.8) is 0 Å². The number of para-hydroxylation sites is 2. The molecule has 0 fully saturated rings. The first-order valence-electron chi connectivity index (χ1n) is 7.37. The molecule has 3 aromatic carbocycles. The molecule has 0 saturated carbocycles. The highest BCUT2D eigenvalue weighted by Crippen LogP contribution is 2.33. The molecule has 0 saturated heterocycles. The fraction of sp³-hybridized carbons (Fsp3) is 0. The number of nitrogens with one attached hydrogen (secondary N) is 2. The van der Waals surface area contributed by atoms with Crippen LogP contribution in [0.5, 0.6) is 0 Å². The SMILES string of the molecule is O=C(Nc1ccccc1Cl)Nc1ccccc1Sc1ccccc1. The lowest BCUT2D eigenvalue weighted by Gasteiger charge is -2.12. The summed E-state index contributed by atoms with van der Waals surface area (Å²) in [7, 11) is 0. The number of benzene rings is 3. The highest BCUT2D eigenvalue weighted by molar-refractivity contribution is 7.99. The van der Waals surface area contributed by atoms with Crippen molar-refractivity contribution in [2.45, 2.75) is 9.79 Å². The number of carbonyl (C=O) groups is 1. The summed E-state index contributed by atoms with van der Waals surface area (Å²) in [6.45, 7) is 0. The summed E-state index contributed by atoms with van der Waals surface area (Å²) in [6, 6.07) is 24.5. The first-order valence-corrected chi connectivity index (χ1v) is 8.56. The lowest BCUT2D eigenvalue weighted by atomic mass is 10.3. The first-order chi connectivity index (χ1) is 11.7. The van der Waals surface area contributed by atoms with Crippen LogP contribution in [0.25, 0.3) is 0 Å². The number of hydrogen-bond donors (Lipinski definition) is 2. The smallest absolute Gasteiger partial charge is 0.307 e. The Balaban J connectivity index is 1.73. The van der Waals surface area contributed by atoms with Crippen molar-refractivity contribution in [2.24, 2.45) is 0 Å². The minimum absolute atomic E-state index is 0.329. The third-order valence-electron chi connectivity index (χ3n) is 3.23. The van der Waals surface area contributed by atoms with Gasteiger partial charge in [0, 0.05) is 9.79 Å². The molecule has 0 aliphatic carbocycles. The van der Waals surface area contributed by atoms with E-state index in [0.29, 0.717) is 10.7 Å². The molecule has 0 spiro atoms. The largest absolute Gasteiger partial charge is 0.323 e. The fourth-order valence-electron chi connectivity index (χ4n) is 2.11. The molecular formula is C19H15ClN2OS. The zero-order chi connectivity index (χ0) is 16.8. The molecule has 120 valence electrons. The van der Waals surface area contributed by atoms with Crippen LogP contribution < -0.4 is 10.6 Å². The molecule has 3 rings (SSSR count). The van der Waals surface area contributed by atoms with Crippen molar-refractivity contribution in [1.29, 1.82) is 0 Å². The Hall–Kier alpha value is -2.43. The van der Waals surface area contributed by atoms with Gasteiger partial charge in [-0.05, 0) is 36.4 Å². The van der Waals surface area contributed by atoms with Gasteiger partial charge in [-0.25, -0.2) is 4.79 Å². The summed E-state index contributed by atoms with van der Waals surface area (Å²) in [6.07, 6.45) is 0. The standard InChI is InChI=1S/C19H15ClN2OS/c20-15-10-4-5-11-16(15)21-19(23)22-17-12-6-7-13-18(17)24-14-8-2-1-3-9-14/h1-13H,(H2,21,22,23). The minimum Gasteiger partial charge on any atom is -0.307 e. The van der Waals surface area contributed by atoms with Crippen LogP contribution in [-0.2, 0) is 0 Å². The molecular weight excluding hydrogens is 340 g/mol. The van der Waals surface area contributed by atoms with Crippen molar-refractivity contribution in [3.05, 3.63) is 83.9 Å². The second kappa shape index (κ2) is 7.90. The molecule has 0 aromatic heterocycles. The Labute approximate surface area is 150 Å². The molecule has 5 heteroatoms. The van der Waals surface area contributed by atoms with Gasteiger partial charge >= 0.3 is 6.03 Å². The van der Waals surface area contributed by atoms with Gasteiger partial charge in [0.15, 0.2) is 0 Å². The lowest BCUT2D eigenvalue weighted by Crippen LogP contribution is -2.19. The van der Waals surface area contributed by atoms with E-state index >= 15 is 0 Å². The minimum atomic E-state index is -0.329. The highest BCUT2D eigenvalue weighted by atomic mass is 35.5. The zero-order valence-electron chi connectivity index (χ0n) is 12.7. The Morgan fingerprint density at radius 3 is 2.08 bits per heavy atom. The monoisotopic (exact) mass is 354 g/mol. The van der Waals surface area contributed by atoms with Crippen LogP contribution in [0.3, 0.4) is 0 Å². The van der Waals surface area contributed by atoms with Crippen LogP contribution in [0, 0.1) is 0 Å². The predicted octanol–water partition coefficient (Wildman–Crippen LogP) is 6.14. The van der Waals surface area contributed by atoms with Crippen molar-refractivity contribution in [2.75, 3.05) is 10.6 Å². The molecule has 0 atom stereocenters. The topological polar surface area (TPSA) is 41.1 Å². The van der Waals surface area contributed by atoms with Crippen molar-refractivity contribution < 1.29 is 4.79 Å². The lowest BCUT2D eigenvalue weighted by molar-refractivity contribution is 0.262. The van der Waals surface area contributed by atoms with E-state index in [0.717, 1.165) is 15.5 Å². The second-order valence-corrected chi connectivity index (χ2v) is 6.49. The van der Waals surface area contributed by atoms with Gasteiger partial charge in [-0.15, -0.1) is 0 Å². The maximum absolute atomic E-state index is 12.2. The van der Waals surface area contributed by atoms with Crippen LogP contribution in [0.15, 0.2) is 88.7 Å². The van der Waals surface area contributed by atoms with Crippen LogP contribution in [0.4, 0.5) is 16.2 Å². The van der Waals surface area contributed by atoms with E-state index in [1.165, 1.54) is 0 Å². The highest BCUT2D eigenvalue weighted by Gasteiger charge is 2.09. The van der Waals surface area contributed by atoms with Crippen molar-refractivity contribution in [3.8, 4) is 0 Å². The Morgan fingerprint density at radius 1 is 0.750 bits per heavy atom. The summed E-state index contributed by atoms with van der Waals surface area (Å²) in [5, 5.41) is 6.14. The number of hydrogen-bond acceptors (Lipinski definition) is 2. The third kappa shape index (κ3) is 4.31. The quantitative estimate of drug-likeness (QED) is 0.591.